The predicted octanol–water partition coefficient (Wildman–Crippen LogP) is 1.84. The highest BCUT2D eigenvalue weighted by Gasteiger charge is 2.13. The van der Waals surface area contributed by atoms with Gasteiger partial charge in [0.15, 0.2) is 0 Å². The van der Waals surface area contributed by atoms with E-state index >= 15 is 0 Å². The Morgan fingerprint density at radius 3 is 2.62 bits per heavy atom. The Hall–Kier alpha value is -2.10. The first-order chi connectivity index (χ1) is 7.50. The number of aromatic carboxylic acids is 1. The molecule has 2 N–H and O–H groups in total. The van der Waals surface area contributed by atoms with Gasteiger partial charge in [0.1, 0.15) is 0 Å². The third-order valence-corrected chi connectivity index (χ3v) is 2.70. The molecule has 0 aliphatic carbocycles. The Morgan fingerprint density at radius 1 is 1.31 bits per heavy atom. The van der Waals surface area contributed by atoms with Crippen molar-refractivity contribution in [3.05, 3.63) is 45.2 Å². The van der Waals surface area contributed by atoms with Crippen LogP contribution >= 0.6 is 0 Å². The number of rotatable bonds is 1. The number of carboxylic acids is 1. The molecule has 1 aromatic carbocycles. The molecule has 4 nitrogen and oxygen atoms in total. The lowest BCUT2D eigenvalue weighted by atomic mass is 9.98. The molecular weight excluding hydrogens is 206 g/mol. The second-order valence-corrected chi connectivity index (χ2v) is 3.78. The molecule has 4 heteroatoms. The molecule has 0 saturated heterocycles. The summed E-state index contributed by atoms with van der Waals surface area (Å²) in [7, 11) is 0. The second kappa shape index (κ2) is 3.48. The van der Waals surface area contributed by atoms with Crippen LogP contribution in [0.3, 0.4) is 0 Å². The number of aryl methyl sites for hydroxylation is 2. The van der Waals surface area contributed by atoms with Gasteiger partial charge in [-0.1, -0.05) is 0 Å². The largest absolute Gasteiger partial charge is 0.478 e. The molecule has 2 aromatic rings. The van der Waals surface area contributed by atoms with E-state index in [4.69, 9.17) is 5.11 Å². The molecule has 0 aliphatic heterocycles. The maximum atomic E-state index is 11.2. The lowest BCUT2D eigenvalue weighted by Gasteiger charge is -2.08. The molecule has 16 heavy (non-hydrogen) atoms. The van der Waals surface area contributed by atoms with Crippen molar-refractivity contribution >= 4 is 16.9 Å². The molecular formula is C12H11NO3. The van der Waals surface area contributed by atoms with Crippen LogP contribution in [0.4, 0.5) is 0 Å². The standard InChI is InChI=1S/C12H11NO3/c1-6-5-9-8(3-4-10(14)13-9)7(2)11(6)12(15)16/h3-5H,1-2H3,(H,13,14)(H,15,16). The van der Waals surface area contributed by atoms with Crippen molar-refractivity contribution in [3.8, 4) is 0 Å². The summed E-state index contributed by atoms with van der Waals surface area (Å²) in [5, 5.41) is 9.85. The molecule has 0 radical (unpaired) electrons. The van der Waals surface area contributed by atoms with Crippen molar-refractivity contribution in [2.45, 2.75) is 13.8 Å². The monoisotopic (exact) mass is 217 g/mol. The highest BCUT2D eigenvalue weighted by atomic mass is 16.4. The second-order valence-electron chi connectivity index (χ2n) is 3.78. The number of H-pyrrole nitrogens is 1. The smallest absolute Gasteiger partial charge is 0.336 e. The minimum absolute atomic E-state index is 0.186. The number of aromatic amines is 1. The van der Waals surface area contributed by atoms with Gasteiger partial charge in [-0.05, 0) is 37.1 Å². The Balaban J connectivity index is 2.94. The highest BCUT2D eigenvalue weighted by Crippen LogP contribution is 2.22. The zero-order valence-corrected chi connectivity index (χ0v) is 9.00. The first-order valence-corrected chi connectivity index (χ1v) is 4.87. The molecule has 2 rings (SSSR count). The van der Waals surface area contributed by atoms with Gasteiger partial charge < -0.3 is 10.1 Å². The maximum Gasteiger partial charge on any atom is 0.336 e. The minimum atomic E-state index is -0.942. The number of hydrogen-bond acceptors (Lipinski definition) is 2. The van der Waals surface area contributed by atoms with Gasteiger partial charge >= 0.3 is 5.97 Å². The summed E-state index contributed by atoms with van der Waals surface area (Å²) in [6.07, 6.45) is 0. The van der Waals surface area contributed by atoms with E-state index in [-0.39, 0.29) is 5.56 Å². The molecule has 0 spiro atoms. The Bertz CT molecular complexity index is 640. The lowest BCUT2D eigenvalue weighted by Crippen LogP contribution is -2.07. The summed E-state index contributed by atoms with van der Waals surface area (Å²) < 4.78 is 0. The fraction of sp³-hybridized carbons (Fsp3) is 0.167. The van der Waals surface area contributed by atoms with E-state index in [1.165, 1.54) is 6.07 Å². The van der Waals surface area contributed by atoms with Gasteiger partial charge in [-0.2, -0.15) is 0 Å². The van der Waals surface area contributed by atoms with E-state index in [1.54, 1.807) is 26.0 Å². The van der Waals surface area contributed by atoms with E-state index in [0.29, 0.717) is 22.2 Å². The van der Waals surface area contributed by atoms with Gasteiger partial charge in [0.2, 0.25) is 5.56 Å². The van der Waals surface area contributed by atoms with Crippen LogP contribution in [0.2, 0.25) is 0 Å². The predicted molar refractivity (Wildman–Crippen MR) is 61.0 cm³/mol. The molecule has 1 heterocycles. The molecule has 0 atom stereocenters. The maximum absolute atomic E-state index is 11.2. The topological polar surface area (TPSA) is 70.2 Å². The number of pyridine rings is 1. The van der Waals surface area contributed by atoms with Crippen molar-refractivity contribution < 1.29 is 9.90 Å². The summed E-state index contributed by atoms with van der Waals surface area (Å²) in [5.41, 5.74) is 2.12. The number of carbonyl (C=O) groups is 1. The molecule has 0 unspecified atom stereocenters. The zero-order chi connectivity index (χ0) is 11.9. The van der Waals surface area contributed by atoms with E-state index in [1.807, 2.05) is 0 Å². The first-order valence-electron chi connectivity index (χ1n) is 4.87. The molecule has 0 saturated carbocycles. The van der Waals surface area contributed by atoms with Gasteiger partial charge in [0.05, 0.1) is 5.56 Å². The van der Waals surface area contributed by atoms with Crippen LogP contribution < -0.4 is 5.56 Å². The van der Waals surface area contributed by atoms with E-state index in [2.05, 4.69) is 4.98 Å². The van der Waals surface area contributed by atoms with E-state index < -0.39 is 5.97 Å². The van der Waals surface area contributed by atoms with Gasteiger partial charge in [0, 0.05) is 17.0 Å². The van der Waals surface area contributed by atoms with Crippen molar-refractivity contribution in [1.29, 1.82) is 0 Å². The normalized spacial score (nSPS) is 10.6. The number of hydrogen-bond donors (Lipinski definition) is 2. The van der Waals surface area contributed by atoms with Crippen molar-refractivity contribution in [1.82, 2.24) is 4.98 Å². The van der Waals surface area contributed by atoms with Crippen LogP contribution in [-0.2, 0) is 0 Å². The van der Waals surface area contributed by atoms with Crippen LogP contribution in [0.25, 0.3) is 10.9 Å². The van der Waals surface area contributed by atoms with E-state index in [9.17, 15) is 9.59 Å². The Morgan fingerprint density at radius 2 is 2.00 bits per heavy atom. The summed E-state index contributed by atoms with van der Waals surface area (Å²) >= 11 is 0. The van der Waals surface area contributed by atoms with Crippen LogP contribution in [0.1, 0.15) is 21.5 Å². The Kier molecular flexibility index (Phi) is 2.27. The quantitative estimate of drug-likeness (QED) is 0.765. The number of benzene rings is 1. The minimum Gasteiger partial charge on any atom is -0.478 e. The fourth-order valence-electron chi connectivity index (χ4n) is 1.98. The summed E-state index contributed by atoms with van der Waals surface area (Å²) in [4.78, 5) is 24.9. The number of nitrogens with one attached hydrogen (secondary N) is 1. The van der Waals surface area contributed by atoms with E-state index in [0.717, 1.165) is 5.39 Å². The highest BCUT2D eigenvalue weighted by molar-refractivity contribution is 5.98. The molecule has 0 bridgehead atoms. The summed E-state index contributed by atoms with van der Waals surface area (Å²) in [6.45, 7) is 3.47. The molecule has 0 fully saturated rings. The van der Waals surface area contributed by atoms with Crippen molar-refractivity contribution in [2.75, 3.05) is 0 Å². The van der Waals surface area contributed by atoms with Gasteiger partial charge in [-0.25, -0.2) is 4.79 Å². The van der Waals surface area contributed by atoms with Gasteiger partial charge in [-0.3, -0.25) is 4.79 Å². The molecule has 1 aromatic heterocycles. The van der Waals surface area contributed by atoms with Crippen molar-refractivity contribution in [2.24, 2.45) is 0 Å². The lowest BCUT2D eigenvalue weighted by molar-refractivity contribution is 0.0695. The average Bonchev–Trinajstić information content (AvgIpc) is 2.15. The molecule has 82 valence electrons. The van der Waals surface area contributed by atoms with Crippen LogP contribution in [0.15, 0.2) is 23.0 Å². The molecule has 0 aliphatic rings. The Labute approximate surface area is 91.5 Å². The number of aromatic nitrogens is 1. The zero-order valence-electron chi connectivity index (χ0n) is 9.00. The third-order valence-electron chi connectivity index (χ3n) is 2.70. The van der Waals surface area contributed by atoms with Crippen LogP contribution in [0.5, 0.6) is 0 Å². The van der Waals surface area contributed by atoms with Gasteiger partial charge in [-0.15, -0.1) is 0 Å². The van der Waals surface area contributed by atoms with Crippen LogP contribution in [-0.4, -0.2) is 16.1 Å². The number of fused-ring (bicyclic) bond motifs is 1. The SMILES string of the molecule is Cc1cc2[nH]c(=O)ccc2c(C)c1C(=O)O. The van der Waals surface area contributed by atoms with Crippen LogP contribution in [0, 0.1) is 13.8 Å². The summed E-state index contributed by atoms with van der Waals surface area (Å²) in [6, 6.07) is 4.73. The average molecular weight is 217 g/mol. The fourth-order valence-corrected chi connectivity index (χ4v) is 1.98. The van der Waals surface area contributed by atoms with Gasteiger partial charge in [0.25, 0.3) is 0 Å². The molecule has 0 amide bonds. The summed E-state index contributed by atoms with van der Waals surface area (Å²) in [5.74, 6) is -0.942. The number of carboxylic acid groups (broad SMARTS) is 1. The third kappa shape index (κ3) is 1.48. The first kappa shape index (κ1) is 10.4. The van der Waals surface area contributed by atoms with Crippen molar-refractivity contribution in [3.63, 3.8) is 0 Å².